The lowest BCUT2D eigenvalue weighted by Gasteiger charge is -2.35. The molecule has 4 rings (SSSR count). The number of anilines is 3. The number of hydrogen-bond donors (Lipinski definition) is 1. The van der Waals surface area contributed by atoms with E-state index in [1.54, 1.807) is 12.3 Å². The van der Waals surface area contributed by atoms with Gasteiger partial charge in [-0.15, -0.1) is 0 Å². The average molecular weight is 380 g/mol. The lowest BCUT2D eigenvalue weighted by atomic mass is 10.0. The van der Waals surface area contributed by atoms with Crippen molar-refractivity contribution in [1.82, 2.24) is 9.97 Å². The van der Waals surface area contributed by atoms with Gasteiger partial charge in [0.05, 0.1) is 0 Å². The lowest BCUT2D eigenvalue weighted by Crippen LogP contribution is -2.40. The zero-order valence-electron chi connectivity index (χ0n) is 16.6. The Balaban J connectivity index is 1.44. The van der Waals surface area contributed by atoms with Crippen LogP contribution in [0.1, 0.15) is 55.9 Å². The normalized spacial score (nSPS) is 19.7. The monoisotopic (exact) mass is 379 g/mol. The fourth-order valence-electron chi connectivity index (χ4n) is 4.23. The molecule has 1 aromatic carbocycles. The van der Waals surface area contributed by atoms with Gasteiger partial charge in [-0.2, -0.15) is 0 Å². The van der Waals surface area contributed by atoms with E-state index in [4.69, 9.17) is 0 Å². The van der Waals surface area contributed by atoms with Crippen molar-refractivity contribution in [3.05, 3.63) is 42.2 Å². The number of nitrogens with one attached hydrogen (secondary N) is 1. The van der Waals surface area contributed by atoms with Crippen LogP contribution in [0.5, 0.6) is 0 Å². The molecule has 1 atom stereocenters. The first-order valence-corrected chi connectivity index (χ1v) is 10.5. The topological polar surface area (TPSA) is 61.4 Å². The van der Waals surface area contributed by atoms with Crippen molar-refractivity contribution >= 4 is 23.2 Å². The molecule has 6 heteroatoms. The van der Waals surface area contributed by atoms with E-state index in [9.17, 15) is 4.79 Å². The number of rotatable bonds is 5. The molecule has 2 aromatic rings. The summed E-state index contributed by atoms with van der Waals surface area (Å²) in [7, 11) is 0. The number of benzene rings is 1. The summed E-state index contributed by atoms with van der Waals surface area (Å²) in [5.41, 5.74) is 2.42. The molecule has 1 aromatic heterocycles. The van der Waals surface area contributed by atoms with Gasteiger partial charge in [-0.1, -0.05) is 6.92 Å². The predicted octanol–water partition coefficient (Wildman–Crippen LogP) is 4.10. The Labute approximate surface area is 167 Å². The van der Waals surface area contributed by atoms with Crippen molar-refractivity contribution in [3.8, 4) is 0 Å². The van der Waals surface area contributed by atoms with Gasteiger partial charge in [-0.25, -0.2) is 9.97 Å². The molecule has 2 aliphatic heterocycles. The van der Waals surface area contributed by atoms with Crippen molar-refractivity contribution in [2.24, 2.45) is 0 Å². The van der Waals surface area contributed by atoms with Crippen LogP contribution in [0.25, 0.3) is 0 Å². The molecule has 2 aliphatic rings. The third-order valence-electron chi connectivity index (χ3n) is 5.83. The van der Waals surface area contributed by atoms with E-state index in [2.05, 4.69) is 44.1 Å². The summed E-state index contributed by atoms with van der Waals surface area (Å²) in [5.74, 6) is 0.478. The van der Waals surface area contributed by atoms with Crippen LogP contribution in [-0.4, -0.2) is 41.6 Å². The van der Waals surface area contributed by atoms with Crippen LogP contribution in [0.3, 0.4) is 0 Å². The Morgan fingerprint density at radius 1 is 1.07 bits per heavy atom. The Morgan fingerprint density at radius 2 is 1.82 bits per heavy atom. The molecule has 0 aliphatic carbocycles. The zero-order chi connectivity index (χ0) is 19.3. The molecule has 0 saturated carbocycles. The summed E-state index contributed by atoms with van der Waals surface area (Å²) >= 11 is 0. The minimum atomic E-state index is -0.192. The first-order chi connectivity index (χ1) is 13.7. The van der Waals surface area contributed by atoms with Gasteiger partial charge in [0.25, 0.3) is 5.91 Å². The highest BCUT2D eigenvalue weighted by Gasteiger charge is 2.24. The number of piperidine rings is 1. The molecule has 0 bridgehead atoms. The Kier molecular flexibility index (Phi) is 5.74. The summed E-state index contributed by atoms with van der Waals surface area (Å²) in [4.78, 5) is 26.3. The number of hydrogen-bond acceptors (Lipinski definition) is 5. The summed E-state index contributed by atoms with van der Waals surface area (Å²) in [6, 6.07) is 10.2. The van der Waals surface area contributed by atoms with Gasteiger partial charge < -0.3 is 15.1 Å². The second kappa shape index (κ2) is 8.59. The molecular formula is C22H29N5O. The standard InChI is InChI=1S/C22H29N5O/c1-2-18-7-3-4-16-27(18)22-23-13-12-20(25-22)21(28)24-17-8-10-19(11-9-17)26-14-5-6-15-26/h8-13,18H,2-7,14-16H2,1H3,(H,24,28). The molecule has 148 valence electrons. The third kappa shape index (κ3) is 4.11. The fraction of sp³-hybridized carbons (Fsp3) is 0.500. The van der Waals surface area contributed by atoms with Crippen LogP contribution in [0, 0.1) is 0 Å². The number of nitrogens with zero attached hydrogens (tertiary/aromatic N) is 4. The average Bonchev–Trinajstić information content (AvgIpc) is 3.29. The maximum Gasteiger partial charge on any atom is 0.274 e. The maximum absolute atomic E-state index is 12.7. The zero-order valence-corrected chi connectivity index (χ0v) is 16.6. The van der Waals surface area contributed by atoms with E-state index in [0.29, 0.717) is 17.7 Å². The molecule has 2 saturated heterocycles. The first-order valence-electron chi connectivity index (χ1n) is 10.5. The minimum absolute atomic E-state index is 0.192. The van der Waals surface area contributed by atoms with Crippen LogP contribution >= 0.6 is 0 Å². The van der Waals surface area contributed by atoms with Gasteiger partial charge in [-0.3, -0.25) is 4.79 Å². The van der Waals surface area contributed by atoms with Crippen LogP contribution in [0.15, 0.2) is 36.5 Å². The van der Waals surface area contributed by atoms with E-state index in [0.717, 1.165) is 38.2 Å². The first kappa shape index (κ1) is 18.7. The molecule has 3 heterocycles. The fourth-order valence-corrected chi connectivity index (χ4v) is 4.23. The molecule has 1 N–H and O–H groups in total. The number of carbonyl (C=O) groups excluding carboxylic acids is 1. The molecule has 0 spiro atoms. The largest absolute Gasteiger partial charge is 0.372 e. The van der Waals surface area contributed by atoms with E-state index in [-0.39, 0.29) is 5.91 Å². The molecule has 6 nitrogen and oxygen atoms in total. The number of carbonyl (C=O) groups is 1. The highest BCUT2D eigenvalue weighted by atomic mass is 16.1. The van der Waals surface area contributed by atoms with Gasteiger partial charge in [0, 0.05) is 43.2 Å². The minimum Gasteiger partial charge on any atom is -0.372 e. The number of amides is 1. The van der Waals surface area contributed by atoms with Crippen LogP contribution in [-0.2, 0) is 0 Å². The predicted molar refractivity (Wildman–Crippen MR) is 113 cm³/mol. The summed E-state index contributed by atoms with van der Waals surface area (Å²) in [6.45, 7) is 5.39. The molecule has 28 heavy (non-hydrogen) atoms. The van der Waals surface area contributed by atoms with Gasteiger partial charge in [0.15, 0.2) is 0 Å². The highest BCUT2D eigenvalue weighted by Crippen LogP contribution is 2.24. The number of aromatic nitrogens is 2. The third-order valence-corrected chi connectivity index (χ3v) is 5.83. The smallest absolute Gasteiger partial charge is 0.274 e. The van der Waals surface area contributed by atoms with Crippen molar-refractivity contribution < 1.29 is 4.79 Å². The van der Waals surface area contributed by atoms with Gasteiger partial charge in [-0.05, 0) is 68.9 Å². The van der Waals surface area contributed by atoms with E-state index in [1.165, 1.54) is 31.4 Å². The highest BCUT2D eigenvalue weighted by molar-refractivity contribution is 6.03. The van der Waals surface area contributed by atoms with Crippen molar-refractivity contribution in [2.75, 3.05) is 34.8 Å². The summed E-state index contributed by atoms with van der Waals surface area (Å²) in [6.07, 6.45) is 8.84. The quantitative estimate of drug-likeness (QED) is 0.847. The summed E-state index contributed by atoms with van der Waals surface area (Å²) in [5, 5.41) is 2.97. The molecule has 0 radical (unpaired) electrons. The second-order valence-corrected chi connectivity index (χ2v) is 7.69. The van der Waals surface area contributed by atoms with Crippen LogP contribution < -0.4 is 15.1 Å². The Bertz CT molecular complexity index is 801. The van der Waals surface area contributed by atoms with Crippen molar-refractivity contribution in [1.29, 1.82) is 0 Å². The second-order valence-electron chi connectivity index (χ2n) is 7.69. The lowest BCUT2D eigenvalue weighted by molar-refractivity contribution is 0.102. The Hall–Kier alpha value is -2.63. The van der Waals surface area contributed by atoms with E-state index < -0.39 is 0 Å². The van der Waals surface area contributed by atoms with Crippen LogP contribution in [0.4, 0.5) is 17.3 Å². The molecule has 2 fully saturated rings. The SMILES string of the molecule is CCC1CCCCN1c1nccc(C(=O)Nc2ccc(N3CCCC3)cc2)n1. The van der Waals surface area contributed by atoms with Gasteiger partial charge in [0.1, 0.15) is 5.69 Å². The summed E-state index contributed by atoms with van der Waals surface area (Å²) < 4.78 is 0. The van der Waals surface area contributed by atoms with Crippen molar-refractivity contribution in [3.63, 3.8) is 0 Å². The van der Waals surface area contributed by atoms with Gasteiger partial charge in [0.2, 0.25) is 5.95 Å². The van der Waals surface area contributed by atoms with Crippen LogP contribution in [0.2, 0.25) is 0 Å². The van der Waals surface area contributed by atoms with Gasteiger partial charge >= 0.3 is 0 Å². The van der Waals surface area contributed by atoms with E-state index in [1.807, 2.05) is 12.1 Å². The Morgan fingerprint density at radius 3 is 2.57 bits per heavy atom. The molecular weight excluding hydrogens is 350 g/mol. The van der Waals surface area contributed by atoms with Crippen molar-refractivity contribution in [2.45, 2.75) is 51.5 Å². The molecule has 1 unspecified atom stereocenters. The maximum atomic E-state index is 12.7. The van der Waals surface area contributed by atoms with E-state index >= 15 is 0 Å². The molecule has 1 amide bonds.